The number of hydrogen-bond acceptors (Lipinski definition) is 5. The number of nitrogens with zero attached hydrogens (tertiary/aromatic N) is 2. The first-order chi connectivity index (χ1) is 8.72. The number of thiophene rings is 1. The maximum absolute atomic E-state index is 13.1. The predicted octanol–water partition coefficient (Wildman–Crippen LogP) is 3.16. The first-order valence-corrected chi connectivity index (χ1v) is 6.13. The van der Waals surface area contributed by atoms with Gasteiger partial charge in [0, 0.05) is 5.69 Å². The Morgan fingerprint density at radius 1 is 1.22 bits per heavy atom. The smallest absolute Gasteiger partial charge is 0.223 e. The van der Waals surface area contributed by atoms with Crippen molar-refractivity contribution >= 4 is 39.0 Å². The van der Waals surface area contributed by atoms with E-state index in [1.807, 2.05) is 11.4 Å². The quantitative estimate of drug-likeness (QED) is 0.743. The molecule has 0 atom stereocenters. The lowest BCUT2D eigenvalue weighted by Crippen LogP contribution is -2.00. The van der Waals surface area contributed by atoms with Gasteiger partial charge in [0.1, 0.15) is 16.5 Å². The Bertz CT molecular complexity index is 710. The highest BCUT2D eigenvalue weighted by Gasteiger charge is 2.07. The summed E-state index contributed by atoms with van der Waals surface area (Å²) in [5, 5.41) is 5.84. The summed E-state index contributed by atoms with van der Waals surface area (Å²) in [5.41, 5.74) is 6.26. The fraction of sp³-hybridized carbons (Fsp3) is 0. The lowest BCUT2D eigenvalue weighted by Gasteiger charge is -2.07. The van der Waals surface area contributed by atoms with Crippen LogP contribution in [0.25, 0.3) is 10.2 Å². The van der Waals surface area contributed by atoms with Crippen LogP contribution >= 0.6 is 11.3 Å². The van der Waals surface area contributed by atoms with Gasteiger partial charge in [-0.15, -0.1) is 11.3 Å². The standard InChI is InChI=1S/C12H9FN4S/c13-7-2-1-3-8(6-7)15-10-9-4-5-18-11(9)17-12(14)16-10/h1-6H,(H3,14,15,16,17). The zero-order valence-corrected chi connectivity index (χ0v) is 10.0. The lowest BCUT2D eigenvalue weighted by molar-refractivity contribution is 0.628. The molecule has 18 heavy (non-hydrogen) atoms. The first kappa shape index (κ1) is 10.9. The van der Waals surface area contributed by atoms with Gasteiger partial charge in [-0.25, -0.2) is 9.37 Å². The molecule has 0 saturated heterocycles. The molecule has 0 bridgehead atoms. The average Bonchev–Trinajstić information content (AvgIpc) is 2.77. The predicted molar refractivity (Wildman–Crippen MR) is 71.5 cm³/mol. The van der Waals surface area contributed by atoms with Crippen molar-refractivity contribution in [3.05, 3.63) is 41.5 Å². The Morgan fingerprint density at radius 3 is 2.94 bits per heavy atom. The molecule has 4 nitrogen and oxygen atoms in total. The number of hydrogen-bond donors (Lipinski definition) is 2. The molecule has 0 fully saturated rings. The van der Waals surface area contributed by atoms with E-state index in [1.54, 1.807) is 12.1 Å². The number of nitrogen functional groups attached to an aromatic ring is 1. The van der Waals surface area contributed by atoms with Crippen LogP contribution in [0.1, 0.15) is 0 Å². The van der Waals surface area contributed by atoms with E-state index in [9.17, 15) is 4.39 Å². The number of rotatable bonds is 2. The second kappa shape index (κ2) is 4.23. The zero-order chi connectivity index (χ0) is 12.5. The van der Waals surface area contributed by atoms with E-state index in [0.29, 0.717) is 11.5 Å². The summed E-state index contributed by atoms with van der Waals surface area (Å²) >= 11 is 1.48. The first-order valence-electron chi connectivity index (χ1n) is 5.26. The normalized spacial score (nSPS) is 10.7. The van der Waals surface area contributed by atoms with Gasteiger partial charge in [0.2, 0.25) is 5.95 Å². The van der Waals surface area contributed by atoms with Crippen molar-refractivity contribution < 1.29 is 4.39 Å². The molecule has 3 N–H and O–H groups in total. The molecular weight excluding hydrogens is 251 g/mol. The second-order valence-electron chi connectivity index (χ2n) is 3.71. The van der Waals surface area contributed by atoms with E-state index in [1.165, 1.54) is 23.5 Å². The molecule has 0 unspecified atom stereocenters. The van der Waals surface area contributed by atoms with Gasteiger partial charge in [-0.3, -0.25) is 0 Å². The molecule has 3 rings (SSSR count). The van der Waals surface area contributed by atoms with Gasteiger partial charge in [0.05, 0.1) is 5.39 Å². The highest BCUT2D eigenvalue weighted by Crippen LogP contribution is 2.28. The van der Waals surface area contributed by atoms with Crippen LogP contribution < -0.4 is 11.1 Å². The van der Waals surface area contributed by atoms with E-state index in [0.717, 1.165) is 10.2 Å². The summed E-state index contributed by atoms with van der Waals surface area (Å²) in [6.45, 7) is 0. The van der Waals surface area contributed by atoms with Crippen molar-refractivity contribution in [2.24, 2.45) is 0 Å². The SMILES string of the molecule is Nc1nc(Nc2cccc(F)c2)c2ccsc2n1. The zero-order valence-electron chi connectivity index (χ0n) is 9.22. The summed E-state index contributed by atoms with van der Waals surface area (Å²) < 4.78 is 13.1. The largest absolute Gasteiger partial charge is 0.368 e. The molecule has 3 aromatic rings. The summed E-state index contributed by atoms with van der Waals surface area (Å²) in [4.78, 5) is 9.07. The Hall–Kier alpha value is -2.21. The van der Waals surface area contributed by atoms with Crippen LogP contribution in [0.4, 0.5) is 21.8 Å². The Balaban J connectivity index is 2.06. The van der Waals surface area contributed by atoms with E-state index >= 15 is 0 Å². The average molecular weight is 260 g/mol. The Kier molecular flexibility index (Phi) is 2.56. The maximum Gasteiger partial charge on any atom is 0.223 e. The van der Waals surface area contributed by atoms with E-state index in [4.69, 9.17) is 5.73 Å². The lowest BCUT2D eigenvalue weighted by atomic mass is 10.3. The van der Waals surface area contributed by atoms with Crippen LogP contribution in [0.15, 0.2) is 35.7 Å². The van der Waals surface area contributed by atoms with E-state index in [2.05, 4.69) is 15.3 Å². The molecular formula is C12H9FN4S. The molecule has 0 amide bonds. The van der Waals surface area contributed by atoms with Crippen LogP contribution in [-0.2, 0) is 0 Å². The molecule has 0 spiro atoms. The number of anilines is 3. The van der Waals surface area contributed by atoms with Crippen LogP contribution in [0.5, 0.6) is 0 Å². The van der Waals surface area contributed by atoms with Crippen molar-refractivity contribution in [2.45, 2.75) is 0 Å². The fourth-order valence-electron chi connectivity index (χ4n) is 1.67. The number of halogens is 1. The van der Waals surface area contributed by atoms with Gasteiger partial charge in [-0.2, -0.15) is 4.98 Å². The van der Waals surface area contributed by atoms with Gasteiger partial charge in [0.15, 0.2) is 0 Å². The molecule has 6 heteroatoms. The minimum absolute atomic E-state index is 0.198. The number of fused-ring (bicyclic) bond motifs is 1. The van der Waals surface area contributed by atoms with Crippen molar-refractivity contribution in [2.75, 3.05) is 11.1 Å². The summed E-state index contributed by atoms with van der Waals surface area (Å²) in [7, 11) is 0. The van der Waals surface area contributed by atoms with Crippen molar-refractivity contribution in [3.8, 4) is 0 Å². The van der Waals surface area contributed by atoms with Gasteiger partial charge < -0.3 is 11.1 Å². The molecule has 90 valence electrons. The topological polar surface area (TPSA) is 63.8 Å². The molecule has 2 heterocycles. The molecule has 0 aliphatic heterocycles. The molecule has 0 saturated carbocycles. The van der Waals surface area contributed by atoms with Crippen LogP contribution in [-0.4, -0.2) is 9.97 Å². The van der Waals surface area contributed by atoms with Crippen molar-refractivity contribution in [3.63, 3.8) is 0 Å². The molecule has 2 aromatic heterocycles. The van der Waals surface area contributed by atoms with Gasteiger partial charge >= 0.3 is 0 Å². The summed E-state index contributed by atoms with van der Waals surface area (Å²) in [6, 6.07) is 8.09. The number of nitrogens with one attached hydrogen (secondary N) is 1. The Morgan fingerprint density at radius 2 is 2.11 bits per heavy atom. The van der Waals surface area contributed by atoms with Crippen molar-refractivity contribution in [1.29, 1.82) is 0 Å². The Labute approximate surface area is 106 Å². The third-order valence-corrected chi connectivity index (χ3v) is 3.24. The summed E-state index contributed by atoms with van der Waals surface area (Å²) in [6.07, 6.45) is 0. The molecule has 0 aliphatic carbocycles. The molecule has 1 aromatic carbocycles. The summed E-state index contributed by atoms with van der Waals surface area (Å²) in [5.74, 6) is 0.483. The third kappa shape index (κ3) is 1.98. The maximum atomic E-state index is 13.1. The minimum Gasteiger partial charge on any atom is -0.368 e. The number of benzene rings is 1. The van der Waals surface area contributed by atoms with E-state index < -0.39 is 0 Å². The third-order valence-electron chi connectivity index (χ3n) is 2.43. The van der Waals surface area contributed by atoms with Gasteiger partial charge in [-0.1, -0.05) is 6.07 Å². The highest BCUT2D eigenvalue weighted by atomic mass is 32.1. The van der Waals surface area contributed by atoms with Gasteiger partial charge in [0.25, 0.3) is 0 Å². The van der Waals surface area contributed by atoms with Gasteiger partial charge in [-0.05, 0) is 29.6 Å². The highest BCUT2D eigenvalue weighted by molar-refractivity contribution is 7.16. The monoisotopic (exact) mass is 260 g/mol. The van der Waals surface area contributed by atoms with Crippen LogP contribution in [0.3, 0.4) is 0 Å². The number of aromatic nitrogens is 2. The van der Waals surface area contributed by atoms with E-state index in [-0.39, 0.29) is 11.8 Å². The number of nitrogens with two attached hydrogens (primary N) is 1. The molecule has 0 aliphatic rings. The van der Waals surface area contributed by atoms with Crippen LogP contribution in [0, 0.1) is 5.82 Å². The van der Waals surface area contributed by atoms with Crippen molar-refractivity contribution in [1.82, 2.24) is 9.97 Å². The minimum atomic E-state index is -0.302. The molecule has 0 radical (unpaired) electrons. The van der Waals surface area contributed by atoms with Crippen LogP contribution in [0.2, 0.25) is 0 Å². The second-order valence-corrected chi connectivity index (χ2v) is 4.60. The fourth-order valence-corrected chi connectivity index (χ4v) is 2.44.